The summed E-state index contributed by atoms with van der Waals surface area (Å²) in [5, 5.41) is 9.51. The van der Waals surface area contributed by atoms with E-state index in [2.05, 4.69) is 75.4 Å². The summed E-state index contributed by atoms with van der Waals surface area (Å²) in [5.41, 5.74) is 7.20. The van der Waals surface area contributed by atoms with Gasteiger partial charge in [-0.25, -0.2) is 0 Å². The number of benzene rings is 2. The third-order valence-electron chi connectivity index (χ3n) is 5.74. The fourth-order valence-corrected chi connectivity index (χ4v) is 4.44. The lowest BCUT2D eigenvalue weighted by molar-refractivity contribution is 0.332. The maximum Gasteiger partial charge on any atom is 0.115 e. The summed E-state index contributed by atoms with van der Waals surface area (Å²) in [6, 6.07) is 14.5. The number of allylic oxidation sites excluding steroid dienone is 1. The molecule has 0 saturated heterocycles. The van der Waals surface area contributed by atoms with Gasteiger partial charge in [-0.3, -0.25) is 0 Å². The zero-order valence-corrected chi connectivity index (χ0v) is 17.9. The summed E-state index contributed by atoms with van der Waals surface area (Å²) >= 11 is 2.42. The maximum absolute atomic E-state index is 9.51. The normalized spacial score (nSPS) is 19.1. The second-order valence-electron chi connectivity index (χ2n) is 8.51. The van der Waals surface area contributed by atoms with E-state index in [0.717, 1.165) is 5.56 Å². The van der Waals surface area contributed by atoms with Gasteiger partial charge in [0.05, 0.1) is 0 Å². The van der Waals surface area contributed by atoms with E-state index in [1.54, 1.807) is 12.1 Å². The number of phenolic OH excluding ortho intramolecular Hbond substituents is 1. The lowest BCUT2D eigenvalue weighted by Crippen LogP contribution is -2.33. The minimum absolute atomic E-state index is 0.227. The van der Waals surface area contributed by atoms with Crippen LogP contribution in [0.3, 0.4) is 0 Å². The Morgan fingerprint density at radius 1 is 0.840 bits per heavy atom. The van der Waals surface area contributed by atoms with Gasteiger partial charge >= 0.3 is 0 Å². The number of aromatic hydroxyl groups is 1. The Morgan fingerprint density at radius 3 is 1.96 bits per heavy atom. The minimum atomic E-state index is 0.227. The molecule has 0 heterocycles. The molecule has 3 rings (SSSR count). The van der Waals surface area contributed by atoms with Gasteiger partial charge in [0.15, 0.2) is 0 Å². The fraction of sp³-hybridized carbons (Fsp3) is 0.391. The zero-order valence-electron chi connectivity index (χ0n) is 15.8. The van der Waals surface area contributed by atoms with Gasteiger partial charge in [-0.05, 0) is 93.1 Å². The molecule has 132 valence electrons. The average molecular weight is 446 g/mol. The number of hydrogen-bond donors (Lipinski definition) is 1. The number of phenols is 1. The highest BCUT2D eigenvalue weighted by molar-refractivity contribution is 14.1. The molecule has 1 nitrogen and oxygen atoms in total. The van der Waals surface area contributed by atoms with Crippen LogP contribution in [-0.2, 0) is 10.8 Å². The van der Waals surface area contributed by atoms with Crippen molar-refractivity contribution in [2.45, 2.75) is 58.3 Å². The van der Waals surface area contributed by atoms with Crippen molar-refractivity contribution in [2.75, 3.05) is 0 Å². The molecule has 2 aromatic carbocycles. The molecule has 2 aromatic rings. The highest BCUT2D eigenvalue weighted by atomic mass is 127. The second kappa shape index (κ2) is 6.46. The van der Waals surface area contributed by atoms with Crippen LogP contribution < -0.4 is 0 Å². The van der Waals surface area contributed by atoms with Crippen molar-refractivity contribution in [2.24, 2.45) is 0 Å². The second-order valence-corrected chi connectivity index (χ2v) is 9.59. The van der Waals surface area contributed by atoms with Crippen molar-refractivity contribution < 1.29 is 5.11 Å². The van der Waals surface area contributed by atoms with Gasteiger partial charge in [-0.1, -0.05) is 58.0 Å². The van der Waals surface area contributed by atoms with Crippen LogP contribution in [-0.4, -0.2) is 5.11 Å². The van der Waals surface area contributed by atoms with Crippen LogP contribution in [0.4, 0.5) is 0 Å². The molecule has 25 heavy (non-hydrogen) atoms. The minimum Gasteiger partial charge on any atom is -0.508 e. The van der Waals surface area contributed by atoms with Crippen LogP contribution in [0.25, 0.3) is 9.15 Å². The van der Waals surface area contributed by atoms with Crippen LogP contribution >= 0.6 is 22.6 Å². The van der Waals surface area contributed by atoms with E-state index in [9.17, 15) is 5.11 Å². The van der Waals surface area contributed by atoms with Crippen LogP contribution in [0.2, 0.25) is 0 Å². The first kappa shape index (κ1) is 18.5. The number of fused-ring (bicyclic) bond motifs is 1. The van der Waals surface area contributed by atoms with E-state index in [1.165, 1.54) is 38.7 Å². The highest BCUT2D eigenvalue weighted by Crippen LogP contribution is 2.46. The SMILES string of the molecule is CC(=C(I)c1ccc(O)cc1)c1ccc2c(c1)C(C)(C)CCC2(C)C. The van der Waals surface area contributed by atoms with Crippen molar-refractivity contribution in [1.29, 1.82) is 0 Å². The Morgan fingerprint density at radius 2 is 1.36 bits per heavy atom. The first-order valence-corrected chi connectivity index (χ1v) is 10.0. The van der Waals surface area contributed by atoms with Gasteiger partial charge in [-0.15, -0.1) is 0 Å². The summed E-state index contributed by atoms with van der Waals surface area (Å²) in [4.78, 5) is 0. The molecule has 2 heteroatoms. The molecular weight excluding hydrogens is 419 g/mol. The van der Waals surface area contributed by atoms with Gasteiger partial charge in [0, 0.05) is 3.58 Å². The molecule has 1 aliphatic carbocycles. The third kappa shape index (κ3) is 3.51. The third-order valence-corrected chi connectivity index (χ3v) is 7.17. The first-order valence-electron chi connectivity index (χ1n) is 8.93. The van der Waals surface area contributed by atoms with Crippen molar-refractivity contribution in [1.82, 2.24) is 0 Å². The van der Waals surface area contributed by atoms with E-state index in [-0.39, 0.29) is 10.8 Å². The highest BCUT2D eigenvalue weighted by Gasteiger charge is 2.36. The summed E-state index contributed by atoms with van der Waals surface area (Å²) in [5.74, 6) is 0.309. The lowest BCUT2D eigenvalue weighted by atomic mass is 9.63. The van der Waals surface area contributed by atoms with Crippen LogP contribution in [0.1, 0.15) is 69.7 Å². The van der Waals surface area contributed by atoms with Crippen LogP contribution in [0.15, 0.2) is 42.5 Å². The molecular formula is C23H27IO. The fourth-order valence-electron chi connectivity index (χ4n) is 3.77. The Balaban J connectivity index is 2.10. The van der Waals surface area contributed by atoms with E-state index in [1.807, 2.05) is 12.1 Å². The molecule has 0 unspecified atom stereocenters. The molecule has 0 radical (unpaired) electrons. The predicted molar refractivity (Wildman–Crippen MR) is 116 cm³/mol. The molecule has 0 amide bonds. The molecule has 1 aliphatic rings. The molecule has 0 spiro atoms. The Bertz CT molecular complexity index is 826. The van der Waals surface area contributed by atoms with Gasteiger partial charge in [0.25, 0.3) is 0 Å². The first-order chi connectivity index (χ1) is 11.6. The van der Waals surface area contributed by atoms with Crippen molar-refractivity contribution in [3.05, 3.63) is 64.7 Å². The molecule has 0 saturated carbocycles. The zero-order chi connectivity index (χ0) is 18.4. The van der Waals surface area contributed by atoms with Crippen LogP contribution in [0, 0.1) is 0 Å². The number of rotatable bonds is 2. The Labute approximate surface area is 165 Å². The lowest BCUT2D eigenvalue weighted by Gasteiger charge is -2.42. The summed E-state index contributed by atoms with van der Waals surface area (Å²) in [6.45, 7) is 11.7. The topological polar surface area (TPSA) is 20.2 Å². The quantitative estimate of drug-likeness (QED) is 0.387. The molecule has 0 atom stereocenters. The number of hydrogen-bond acceptors (Lipinski definition) is 1. The van der Waals surface area contributed by atoms with Gasteiger partial charge in [0.1, 0.15) is 5.75 Å². The number of halogens is 1. The van der Waals surface area contributed by atoms with Gasteiger partial charge in [-0.2, -0.15) is 0 Å². The molecule has 0 aliphatic heterocycles. The van der Waals surface area contributed by atoms with Crippen molar-refractivity contribution >= 4 is 31.7 Å². The molecule has 0 fully saturated rings. The van der Waals surface area contributed by atoms with E-state index in [4.69, 9.17) is 0 Å². The standard InChI is InChI=1S/C23H27IO/c1-15(21(24)16-6-9-18(25)10-7-16)17-8-11-19-20(14-17)23(4,5)13-12-22(19,2)3/h6-11,14,25H,12-13H2,1-5H3. The van der Waals surface area contributed by atoms with Crippen LogP contribution in [0.5, 0.6) is 5.75 Å². The molecule has 0 aromatic heterocycles. The van der Waals surface area contributed by atoms with E-state index >= 15 is 0 Å². The Kier molecular flexibility index (Phi) is 4.78. The molecule has 0 bridgehead atoms. The smallest absolute Gasteiger partial charge is 0.115 e. The van der Waals surface area contributed by atoms with E-state index < -0.39 is 0 Å². The summed E-state index contributed by atoms with van der Waals surface area (Å²) < 4.78 is 1.23. The van der Waals surface area contributed by atoms with Crippen molar-refractivity contribution in [3.63, 3.8) is 0 Å². The Hall–Kier alpha value is -1.29. The molecule has 1 N–H and O–H groups in total. The van der Waals surface area contributed by atoms with Gasteiger partial charge < -0.3 is 5.11 Å². The average Bonchev–Trinajstić information content (AvgIpc) is 2.58. The van der Waals surface area contributed by atoms with E-state index in [0.29, 0.717) is 5.75 Å². The summed E-state index contributed by atoms with van der Waals surface area (Å²) in [7, 11) is 0. The maximum atomic E-state index is 9.51. The monoisotopic (exact) mass is 446 g/mol. The predicted octanol–water partition coefficient (Wildman–Crippen LogP) is 7.06. The van der Waals surface area contributed by atoms with Gasteiger partial charge in [0.2, 0.25) is 0 Å². The van der Waals surface area contributed by atoms with Crippen molar-refractivity contribution in [3.8, 4) is 5.75 Å². The largest absolute Gasteiger partial charge is 0.508 e. The summed E-state index contributed by atoms with van der Waals surface area (Å²) in [6.07, 6.45) is 2.47.